The first kappa shape index (κ1) is 13.6. The molecule has 1 aromatic carbocycles. The summed E-state index contributed by atoms with van der Waals surface area (Å²) in [6.45, 7) is 8.19. The smallest absolute Gasteiger partial charge is 0.245 e. The van der Waals surface area contributed by atoms with Crippen molar-refractivity contribution < 1.29 is 9.59 Å². The zero-order valence-electron chi connectivity index (χ0n) is 11.9. The van der Waals surface area contributed by atoms with Crippen LogP contribution in [0.4, 0.5) is 0 Å². The lowest BCUT2D eigenvalue weighted by Gasteiger charge is -2.41. The van der Waals surface area contributed by atoms with E-state index in [-0.39, 0.29) is 18.4 Å². The van der Waals surface area contributed by atoms with Crippen molar-refractivity contribution in [2.75, 3.05) is 6.54 Å². The quantitative estimate of drug-likeness (QED) is 0.877. The van der Waals surface area contributed by atoms with Gasteiger partial charge in [0.15, 0.2) is 0 Å². The Labute approximate surface area is 113 Å². The summed E-state index contributed by atoms with van der Waals surface area (Å²) < 4.78 is 0. The van der Waals surface area contributed by atoms with Gasteiger partial charge in [-0.15, -0.1) is 0 Å². The van der Waals surface area contributed by atoms with Gasteiger partial charge in [-0.1, -0.05) is 29.3 Å². The number of hydrogen-bond donors (Lipinski definition) is 1. The molecule has 1 fully saturated rings. The summed E-state index contributed by atoms with van der Waals surface area (Å²) in [6, 6.07) is 6.21. The van der Waals surface area contributed by atoms with Crippen molar-refractivity contribution in [2.45, 2.75) is 39.8 Å². The molecule has 0 radical (unpaired) electrons. The SMILES string of the molecule is Cc1cc(C)cc(CN2C(=O)CNC(=O)C2(C)C)c1. The number of nitrogens with one attached hydrogen (secondary N) is 1. The fourth-order valence-corrected chi connectivity index (χ4v) is 2.53. The lowest BCUT2D eigenvalue weighted by atomic mass is 9.97. The van der Waals surface area contributed by atoms with Gasteiger partial charge in [-0.05, 0) is 33.3 Å². The third kappa shape index (κ3) is 2.62. The number of nitrogens with zero attached hydrogens (tertiary/aromatic N) is 1. The largest absolute Gasteiger partial charge is 0.345 e. The van der Waals surface area contributed by atoms with Crippen LogP contribution in [-0.4, -0.2) is 28.8 Å². The molecule has 1 aliphatic rings. The van der Waals surface area contributed by atoms with Crippen molar-refractivity contribution in [3.63, 3.8) is 0 Å². The van der Waals surface area contributed by atoms with E-state index >= 15 is 0 Å². The molecule has 1 heterocycles. The van der Waals surface area contributed by atoms with Gasteiger partial charge in [0.05, 0.1) is 6.54 Å². The molecule has 102 valence electrons. The molecule has 0 saturated carbocycles. The van der Waals surface area contributed by atoms with Crippen LogP contribution in [0.3, 0.4) is 0 Å². The lowest BCUT2D eigenvalue weighted by Crippen LogP contribution is -2.63. The molecule has 0 atom stereocenters. The predicted molar refractivity (Wildman–Crippen MR) is 73.6 cm³/mol. The van der Waals surface area contributed by atoms with Gasteiger partial charge in [-0.25, -0.2) is 0 Å². The standard InChI is InChI=1S/C15H20N2O2/c1-10-5-11(2)7-12(6-10)9-17-13(18)8-16-14(19)15(17,3)4/h5-7H,8-9H2,1-4H3,(H,16,19). The maximum atomic E-state index is 12.0. The van der Waals surface area contributed by atoms with Crippen molar-refractivity contribution in [1.29, 1.82) is 0 Å². The third-order valence-electron chi connectivity index (χ3n) is 3.55. The van der Waals surface area contributed by atoms with Crippen molar-refractivity contribution in [1.82, 2.24) is 10.2 Å². The monoisotopic (exact) mass is 260 g/mol. The van der Waals surface area contributed by atoms with E-state index < -0.39 is 5.54 Å². The van der Waals surface area contributed by atoms with Crippen molar-refractivity contribution in [2.24, 2.45) is 0 Å². The van der Waals surface area contributed by atoms with Crippen LogP contribution in [0, 0.1) is 13.8 Å². The van der Waals surface area contributed by atoms with Crippen LogP contribution in [-0.2, 0) is 16.1 Å². The number of rotatable bonds is 2. The molecular formula is C15H20N2O2. The van der Waals surface area contributed by atoms with Crippen molar-refractivity contribution in [3.8, 4) is 0 Å². The molecule has 2 rings (SSSR count). The summed E-state index contributed by atoms with van der Waals surface area (Å²) in [5.41, 5.74) is 2.60. The van der Waals surface area contributed by atoms with Crippen molar-refractivity contribution >= 4 is 11.8 Å². The minimum atomic E-state index is -0.799. The number of carbonyl (C=O) groups excluding carboxylic acids is 2. The molecule has 0 bridgehead atoms. The molecule has 0 spiro atoms. The number of carbonyl (C=O) groups is 2. The molecular weight excluding hydrogens is 240 g/mol. The fourth-order valence-electron chi connectivity index (χ4n) is 2.53. The predicted octanol–water partition coefficient (Wildman–Crippen LogP) is 1.54. The third-order valence-corrected chi connectivity index (χ3v) is 3.55. The first-order valence-corrected chi connectivity index (χ1v) is 6.46. The van der Waals surface area contributed by atoms with Gasteiger partial charge >= 0.3 is 0 Å². The summed E-state index contributed by atoms with van der Waals surface area (Å²) in [6.07, 6.45) is 0. The minimum Gasteiger partial charge on any atom is -0.345 e. The van der Waals surface area contributed by atoms with E-state index in [0.29, 0.717) is 6.54 Å². The molecule has 1 saturated heterocycles. The topological polar surface area (TPSA) is 49.4 Å². The number of piperazine rings is 1. The van der Waals surface area contributed by atoms with Crippen LogP contribution in [0.1, 0.15) is 30.5 Å². The Balaban J connectivity index is 2.29. The average Bonchev–Trinajstić information content (AvgIpc) is 2.29. The van der Waals surface area contributed by atoms with Crippen LogP contribution in [0.15, 0.2) is 18.2 Å². The lowest BCUT2D eigenvalue weighted by molar-refractivity contribution is -0.152. The van der Waals surface area contributed by atoms with Gasteiger partial charge in [0.1, 0.15) is 5.54 Å². The Bertz CT molecular complexity index is 515. The molecule has 0 aromatic heterocycles. The van der Waals surface area contributed by atoms with Gasteiger partial charge in [-0.2, -0.15) is 0 Å². The van der Waals surface area contributed by atoms with E-state index in [1.807, 2.05) is 13.8 Å². The first-order chi connectivity index (χ1) is 8.80. The van der Waals surface area contributed by atoms with Crippen LogP contribution in [0.2, 0.25) is 0 Å². The molecule has 1 aliphatic heterocycles. The van der Waals surface area contributed by atoms with E-state index in [9.17, 15) is 9.59 Å². The minimum absolute atomic E-state index is 0.0382. The molecule has 1 aromatic rings. The van der Waals surface area contributed by atoms with Crippen LogP contribution in [0.25, 0.3) is 0 Å². The van der Waals surface area contributed by atoms with Gasteiger partial charge in [0.2, 0.25) is 11.8 Å². The molecule has 2 amide bonds. The Kier molecular flexibility index (Phi) is 3.35. The molecule has 0 aliphatic carbocycles. The highest BCUT2D eigenvalue weighted by atomic mass is 16.2. The first-order valence-electron chi connectivity index (χ1n) is 6.46. The summed E-state index contributed by atoms with van der Waals surface area (Å²) in [5.74, 6) is -0.139. The van der Waals surface area contributed by atoms with E-state index in [2.05, 4.69) is 23.5 Å². The second-order valence-electron chi connectivity index (χ2n) is 5.72. The average molecular weight is 260 g/mol. The number of benzene rings is 1. The second kappa shape index (κ2) is 4.68. The Morgan fingerprint density at radius 1 is 1.16 bits per heavy atom. The number of amides is 2. The Morgan fingerprint density at radius 3 is 2.32 bits per heavy atom. The molecule has 19 heavy (non-hydrogen) atoms. The zero-order valence-corrected chi connectivity index (χ0v) is 11.9. The maximum absolute atomic E-state index is 12.0. The molecule has 4 nitrogen and oxygen atoms in total. The summed E-state index contributed by atoms with van der Waals surface area (Å²) >= 11 is 0. The Morgan fingerprint density at radius 2 is 1.74 bits per heavy atom. The van der Waals surface area contributed by atoms with E-state index in [0.717, 1.165) is 5.56 Å². The molecule has 0 unspecified atom stereocenters. The number of hydrogen-bond acceptors (Lipinski definition) is 2. The van der Waals surface area contributed by atoms with E-state index in [1.165, 1.54) is 11.1 Å². The summed E-state index contributed by atoms with van der Waals surface area (Å²) in [7, 11) is 0. The summed E-state index contributed by atoms with van der Waals surface area (Å²) in [5, 5.41) is 2.63. The van der Waals surface area contributed by atoms with Gasteiger partial charge in [-0.3, -0.25) is 9.59 Å². The van der Waals surface area contributed by atoms with E-state index in [1.54, 1.807) is 18.7 Å². The van der Waals surface area contributed by atoms with Gasteiger partial charge in [0.25, 0.3) is 0 Å². The Hall–Kier alpha value is -1.84. The fraction of sp³-hybridized carbons (Fsp3) is 0.467. The molecule has 4 heteroatoms. The maximum Gasteiger partial charge on any atom is 0.245 e. The van der Waals surface area contributed by atoms with Crippen LogP contribution < -0.4 is 5.32 Å². The van der Waals surface area contributed by atoms with Gasteiger partial charge < -0.3 is 10.2 Å². The highest BCUT2D eigenvalue weighted by Crippen LogP contribution is 2.22. The second-order valence-corrected chi connectivity index (χ2v) is 5.72. The normalized spacial score (nSPS) is 18.4. The molecule has 1 N–H and O–H groups in total. The van der Waals surface area contributed by atoms with E-state index in [4.69, 9.17) is 0 Å². The van der Waals surface area contributed by atoms with Crippen molar-refractivity contribution in [3.05, 3.63) is 34.9 Å². The van der Waals surface area contributed by atoms with Crippen LogP contribution >= 0.6 is 0 Å². The highest BCUT2D eigenvalue weighted by Gasteiger charge is 2.41. The number of aryl methyl sites for hydroxylation is 2. The van der Waals surface area contributed by atoms with Gasteiger partial charge in [0, 0.05) is 6.54 Å². The van der Waals surface area contributed by atoms with Crippen LogP contribution in [0.5, 0.6) is 0 Å². The summed E-state index contributed by atoms with van der Waals surface area (Å²) in [4.78, 5) is 25.6. The highest BCUT2D eigenvalue weighted by molar-refractivity contribution is 5.97. The zero-order chi connectivity index (χ0) is 14.2.